The highest BCUT2D eigenvalue weighted by molar-refractivity contribution is 9.10. The Morgan fingerprint density at radius 2 is 2.19 bits per heavy atom. The van der Waals surface area contributed by atoms with Crippen LogP contribution in [0.5, 0.6) is 0 Å². The van der Waals surface area contributed by atoms with Crippen molar-refractivity contribution in [3.8, 4) is 6.07 Å². The molecule has 0 aromatic heterocycles. The molecule has 1 aliphatic rings. The van der Waals surface area contributed by atoms with Gasteiger partial charge < -0.3 is 9.64 Å². The van der Waals surface area contributed by atoms with Gasteiger partial charge in [0.25, 0.3) is 0 Å². The molecule has 0 N–H and O–H groups in total. The largest absolute Gasteiger partial charge is 0.466 e. The number of halogens is 2. The molecule has 0 bridgehead atoms. The molecule has 1 heterocycles. The van der Waals surface area contributed by atoms with Crippen LogP contribution in [0.15, 0.2) is 16.6 Å². The lowest BCUT2D eigenvalue weighted by atomic mass is 9.96. The SMILES string of the molecule is CCOC(=O)C1CCN(c2ccc(C#N)c(Br)c2F)CC1. The third-order valence-corrected chi connectivity index (χ3v) is 4.41. The molecule has 4 nitrogen and oxygen atoms in total. The first-order valence-electron chi connectivity index (χ1n) is 6.88. The average Bonchev–Trinajstić information content (AvgIpc) is 2.50. The summed E-state index contributed by atoms with van der Waals surface area (Å²) >= 11 is 3.12. The monoisotopic (exact) mass is 354 g/mol. The Balaban J connectivity index is 2.08. The molecule has 0 unspecified atom stereocenters. The van der Waals surface area contributed by atoms with Gasteiger partial charge in [-0.2, -0.15) is 5.26 Å². The lowest BCUT2D eigenvalue weighted by Crippen LogP contribution is -2.37. The fourth-order valence-corrected chi connectivity index (χ4v) is 2.91. The minimum atomic E-state index is -0.427. The van der Waals surface area contributed by atoms with E-state index in [0.29, 0.717) is 38.2 Å². The minimum Gasteiger partial charge on any atom is -0.466 e. The molecule has 1 saturated heterocycles. The first-order chi connectivity index (χ1) is 10.1. The van der Waals surface area contributed by atoms with E-state index < -0.39 is 5.82 Å². The Labute approximate surface area is 131 Å². The van der Waals surface area contributed by atoms with Gasteiger partial charge in [-0.05, 0) is 47.8 Å². The number of hydrogen-bond donors (Lipinski definition) is 0. The van der Waals surface area contributed by atoms with Gasteiger partial charge >= 0.3 is 5.97 Å². The fourth-order valence-electron chi connectivity index (χ4n) is 2.49. The smallest absolute Gasteiger partial charge is 0.309 e. The van der Waals surface area contributed by atoms with Gasteiger partial charge in [-0.3, -0.25) is 4.79 Å². The quantitative estimate of drug-likeness (QED) is 0.782. The van der Waals surface area contributed by atoms with Gasteiger partial charge in [-0.25, -0.2) is 4.39 Å². The second-order valence-corrected chi connectivity index (χ2v) is 5.68. The van der Waals surface area contributed by atoms with Crippen LogP contribution in [0.3, 0.4) is 0 Å². The van der Waals surface area contributed by atoms with Crippen LogP contribution in [0.4, 0.5) is 10.1 Å². The highest BCUT2D eigenvalue weighted by atomic mass is 79.9. The zero-order valence-corrected chi connectivity index (χ0v) is 13.3. The maximum Gasteiger partial charge on any atom is 0.309 e. The molecule has 1 aromatic rings. The van der Waals surface area contributed by atoms with Gasteiger partial charge in [0.15, 0.2) is 5.82 Å². The molecular formula is C15H16BrFN2O2. The summed E-state index contributed by atoms with van der Waals surface area (Å²) < 4.78 is 19.5. The number of rotatable bonds is 3. The summed E-state index contributed by atoms with van der Waals surface area (Å²) in [4.78, 5) is 13.6. The van der Waals surface area contributed by atoms with Gasteiger partial charge in [0.05, 0.1) is 28.2 Å². The van der Waals surface area contributed by atoms with E-state index in [0.717, 1.165) is 0 Å². The lowest BCUT2D eigenvalue weighted by Gasteiger charge is -2.33. The number of anilines is 1. The highest BCUT2D eigenvalue weighted by Gasteiger charge is 2.27. The number of nitrogens with zero attached hydrogens (tertiary/aromatic N) is 2. The molecule has 0 saturated carbocycles. The van der Waals surface area contributed by atoms with Crippen LogP contribution in [0.25, 0.3) is 0 Å². The van der Waals surface area contributed by atoms with E-state index in [4.69, 9.17) is 10.00 Å². The van der Waals surface area contributed by atoms with Crippen molar-refractivity contribution in [2.45, 2.75) is 19.8 Å². The molecule has 2 rings (SSSR count). The van der Waals surface area contributed by atoms with Crippen LogP contribution < -0.4 is 4.90 Å². The van der Waals surface area contributed by atoms with Gasteiger partial charge in [0.1, 0.15) is 6.07 Å². The van der Waals surface area contributed by atoms with Crippen LogP contribution in [-0.4, -0.2) is 25.7 Å². The topological polar surface area (TPSA) is 53.3 Å². The van der Waals surface area contributed by atoms with Crippen LogP contribution in [0, 0.1) is 23.1 Å². The number of esters is 1. The van der Waals surface area contributed by atoms with E-state index in [-0.39, 0.29) is 21.9 Å². The summed E-state index contributed by atoms with van der Waals surface area (Å²) in [6.45, 7) is 3.37. The lowest BCUT2D eigenvalue weighted by molar-refractivity contribution is -0.148. The van der Waals surface area contributed by atoms with Crippen molar-refractivity contribution in [2.24, 2.45) is 5.92 Å². The van der Waals surface area contributed by atoms with Crippen molar-refractivity contribution in [2.75, 3.05) is 24.6 Å². The van der Waals surface area contributed by atoms with Crippen LogP contribution in [-0.2, 0) is 9.53 Å². The number of nitriles is 1. The van der Waals surface area contributed by atoms with Crippen molar-refractivity contribution in [1.82, 2.24) is 0 Å². The van der Waals surface area contributed by atoms with Gasteiger partial charge in [-0.15, -0.1) is 0 Å². The molecular weight excluding hydrogens is 339 g/mol. The number of benzene rings is 1. The summed E-state index contributed by atoms with van der Waals surface area (Å²) in [6, 6.07) is 5.15. The maximum absolute atomic E-state index is 14.3. The Morgan fingerprint density at radius 3 is 2.76 bits per heavy atom. The summed E-state index contributed by atoms with van der Waals surface area (Å²) in [6.07, 6.45) is 1.30. The number of piperidine rings is 1. The predicted molar refractivity (Wildman–Crippen MR) is 80.4 cm³/mol. The minimum absolute atomic E-state index is 0.105. The zero-order chi connectivity index (χ0) is 15.4. The van der Waals surface area contributed by atoms with E-state index >= 15 is 0 Å². The molecule has 0 radical (unpaired) electrons. The van der Waals surface area contributed by atoms with Crippen molar-refractivity contribution in [1.29, 1.82) is 5.26 Å². The molecule has 21 heavy (non-hydrogen) atoms. The second-order valence-electron chi connectivity index (χ2n) is 4.89. The molecule has 1 aliphatic heterocycles. The fraction of sp³-hybridized carbons (Fsp3) is 0.467. The second kappa shape index (κ2) is 6.90. The van der Waals surface area contributed by atoms with Crippen molar-refractivity contribution >= 4 is 27.6 Å². The zero-order valence-electron chi connectivity index (χ0n) is 11.7. The van der Waals surface area contributed by atoms with E-state index in [1.807, 2.05) is 11.0 Å². The maximum atomic E-state index is 14.3. The van der Waals surface area contributed by atoms with Gasteiger partial charge in [0.2, 0.25) is 0 Å². The molecule has 0 atom stereocenters. The third-order valence-electron chi connectivity index (χ3n) is 3.64. The predicted octanol–water partition coefficient (Wildman–Crippen LogP) is 3.24. The summed E-state index contributed by atoms with van der Waals surface area (Å²) in [7, 11) is 0. The first kappa shape index (κ1) is 15.8. The molecule has 0 amide bonds. The van der Waals surface area contributed by atoms with Crippen LogP contribution in [0.1, 0.15) is 25.3 Å². The Kier molecular flexibility index (Phi) is 5.18. The van der Waals surface area contributed by atoms with Gasteiger partial charge in [-0.1, -0.05) is 0 Å². The van der Waals surface area contributed by atoms with E-state index in [1.165, 1.54) is 0 Å². The molecule has 112 valence electrons. The molecule has 1 fully saturated rings. The van der Waals surface area contributed by atoms with E-state index in [2.05, 4.69) is 15.9 Å². The molecule has 0 spiro atoms. The van der Waals surface area contributed by atoms with E-state index in [1.54, 1.807) is 19.1 Å². The highest BCUT2D eigenvalue weighted by Crippen LogP contribution is 2.31. The van der Waals surface area contributed by atoms with Crippen molar-refractivity contribution in [3.63, 3.8) is 0 Å². The van der Waals surface area contributed by atoms with Crippen molar-refractivity contribution in [3.05, 3.63) is 28.0 Å². The summed E-state index contributed by atoms with van der Waals surface area (Å²) in [5.74, 6) is -0.701. The van der Waals surface area contributed by atoms with Crippen LogP contribution >= 0.6 is 15.9 Å². The third kappa shape index (κ3) is 3.35. The first-order valence-corrected chi connectivity index (χ1v) is 7.67. The normalized spacial score (nSPS) is 15.6. The Hall–Kier alpha value is -1.61. The Bertz CT molecular complexity index is 578. The molecule has 6 heteroatoms. The average molecular weight is 355 g/mol. The summed E-state index contributed by atoms with van der Waals surface area (Å²) in [5, 5.41) is 8.88. The van der Waals surface area contributed by atoms with Crippen LogP contribution in [0.2, 0.25) is 0 Å². The van der Waals surface area contributed by atoms with Crippen molar-refractivity contribution < 1.29 is 13.9 Å². The molecule has 0 aliphatic carbocycles. The number of hydrogen-bond acceptors (Lipinski definition) is 4. The number of carbonyl (C=O) groups excluding carboxylic acids is 1. The number of ether oxygens (including phenoxy) is 1. The standard InChI is InChI=1S/C15H16BrFN2O2/c1-2-21-15(20)10-5-7-19(8-6-10)12-4-3-11(9-18)13(16)14(12)17/h3-4,10H,2,5-8H2,1H3. The van der Waals surface area contributed by atoms with E-state index in [9.17, 15) is 9.18 Å². The van der Waals surface area contributed by atoms with Gasteiger partial charge in [0, 0.05) is 13.1 Å². The molecule has 1 aromatic carbocycles. The Morgan fingerprint density at radius 1 is 1.52 bits per heavy atom. The summed E-state index contributed by atoms with van der Waals surface area (Å²) in [5.41, 5.74) is 0.737. The number of carbonyl (C=O) groups is 1.